The van der Waals surface area contributed by atoms with Crippen molar-refractivity contribution in [1.29, 1.82) is 0 Å². The lowest BCUT2D eigenvalue weighted by atomic mass is 10.2. The Morgan fingerprint density at radius 1 is 1.42 bits per heavy atom. The molecule has 0 radical (unpaired) electrons. The van der Waals surface area contributed by atoms with Crippen LogP contribution in [0.3, 0.4) is 0 Å². The molecule has 0 aliphatic heterocycles. The minimum Gasteiger partial charge on any atom is -0.383 e. The van der Waals surface area contributed by atoms with E-state index in [1.165, 1.54) is 6.33 Å². The molecule has 0 aliphatic rings. The number of nitrogens with one attached hydrogen (secondary N) is 1. The van der Waals surface area contributed by atoms with Crippen LogP contribution in [-0.4, -0.2) is 26.5 Å². The number of amides is 1. The SMILES string of the molecule is Cc1c(C)n(CC(=O)NC(C)C)c2ncnc(N)c12. The van der Waals surface area contributed by atoms with Crippen molar-refractivity contribution in [2.24, 2.45) is 0 Å². The van der Waals surface area contributed by atoms with Crippen molar-refractivity contribution in [2.45, 2.75) is 40.3 Å². The molecule has 2 aromatic rings. The largest absolute Gasteiger partial charge is 0.383 e. The second kappa shape index (κ2) is 4.87. The summed E-state index contributed by atoms with van der Waals surface area (Å²) in [6.45, 7) is 8.03. The number of nitrogens with zero attached hydrogens (tertiary/aromatic N) is 3. The number of rotatable bonds is 3. The number of nitrogens with two attached hydrogens (primary N) is 1. The lowest BCUT2D eigenvalue weighted by Crippen LogP contribution is -2.33. The van der Waals surface area contributed by atoms with Crippen molar-refractivity contribution in [1.82, 2.24) is 19.9 Å². The van der Waals surface area contributed by atoms with Crippen LogP contribution in [-0.2, 0) is 11.3 Å². The van der Waals surface area contributed by atoms with Crippen LogP contribution in [0, 0.1) is 13.8 Å². The summed E-state index contributed by atoms with van der Waals surface area (Å²) in [6, 6.07) is 0.121. The molecule has 0 fully saturated rings. The number of hydrogen-bond donors (Lipinski definition) is 2. The van der Waals surface area contributed by atoms with Crippen LogP contribution in [0.1, 0.15) is 25.1 Å². The highest BCUT2D eigenvalue weighted by Gasteiger charge is 2.17. The van der Waals surface area contributed by atoms with E-state index in [1.807, 2.05) is 32.3 Å². The van der Waals surface area contributed by atoms with Crippen molar-refractivity contribution in [3.8, 4) is 0 Å². The summed E-state index contributed by atoms with van der Waals surface area (Å²) in [7, 11) is 0. The van der Waals surface area contributed by atoms with Crippen LogP contribution >= 0.6 is 0 Å². The van der Waals surface area contributed by atoms with E-state index in [4.69, 9.17) is 5.73 Å². The zero-order valence-corrected chi connectivity index (χ0v) is 11.7. The molecule has 19 heavy (non-hydrogen) atoms. The van der Waals surface area contributed by atoms with Gasteiger partial charge in [0.2, 0.25) is 5.91 Å². The van der Waals surface area contributed by atoms with Crippen molar-refractivity contribution in [3.63, 3.8) is 0 Å². The van der Waals surface area contributed by atoms with Crippen LogP contribution in [0.15, 0.2) is 6.33 Å². The Morgan fingerprint density at radius 2 is 2.11 bits per heavy atom. The van der Waals surface area contributed by atoms with E-state index < -0.39 is 0 Å². The lowest BCUT2D eigenvalue weighted by molar-refractivity contribution is -0.122. The molecule has 3 N–H and O–H groups in total. The normalized spacial score (nSPS) is 11.2. The fraction of sp³-hybridized carbons (Fsp3) is 0.462. The lowest BCUT2D eigenvalue weighted by Gasteiger charge is -2.11. The van der Waals surface area contributed by atoms with Crippen molar-refractivity contribution < 1.29 is 4.79 Å². The molecule has 2 aromatic heterocycles. The smallest absolute Gasteiger partial charge is 0.240 e. The first-order valence-electron chi connectivity index (χ1n) is 6.27. The van der Waals surface area contributed by atoms with Gasteiger partial charge in [-0.1, -0.05) is 0 Å². The van der Waals surface area contributed by atoms with Gasteiger partial charge in [0.1, 0.15) is 24.3 Å². The van der Waals surface area contributed by atoms with Crippen LogP contribution < -0.4 is 11.1 Å². The third kappa shape index (κ3) is 2.38. The standard InChI is InChI=1S/C13H19N5O/c1-7(2)17-10(19)5-18-9(4)8(3)11-12(14)15-6-16-13(11)18/h6-7H,5H2,1-4H3,(H,17,19)(H2,14,15,16). The molecule has 0 aliphatic carbocycles. The van der Waals surface area contributed by atoms with Crippen LogP contribution in [0.25, 0.3) is 11.0 Å². The number of nitrogen functional groups attached to an aromatic ring is 1. The molecule has 0 spiro atoms. The zero-order valence-electron chi connectivity index (χ0n) is 11.7. The van der Waals surface area contributed by atoms with Gasteiger partial charge in [-0.3, -0.25) is 4.79 Å². The average Bonchev–Trinajstić information content (AvgIpc) is 2.55. The molecule has 2 heterocycles. The Labute approximate surface area is 112 Å². The molecule has 6 heteroatoms. The number of fused-ring (bicyclic) bond motifs is 1. The summed E-state index contributed by atoms with van der Waals surface area (Å²) in [5.74, 6) is 0.417. The summed E-state index contributed by atoms with van der Waals surface area (Å²) in [5, 5.41) is 3.70. The fourth-order valence-electron chi connectivity index (χ4n) is 2.20. The Balaban J connectivity index is 2.47. The molecule has 0 unspecified atom stereocenters. The Kier molecular flexibility index (Phi) is 3.42. The van der Waals surface area contributed by atoms with Crippen LogP contribution in [0.2, 0.25) is 0 Å². The van der Waals surface area contributed by atoms with Crippen molar-refractivity contribution in [2.75, 3.05) is 5.73 Å². The predicted octanol–water partition coefficient (Wildman–Crippen LogP) is 1.15. The number of aromatic nitrogens is 3. The van der Waals surface area contributed by atoms with Gasteiger partial charge in [-0.05, 0) is 33.3 Å². The molecule has 0 bridgehead atoms. The van der Waals surface area contributed by atoms with E-state index in [0.29, 0.717) is 11.5 Å². The molecule has 0 aromatic carbocycles. The second-order valence-corrected chi connectivity index (χ2v) is 4.98. The molecule has 0 atom stereocenters. The minimum absolute atomic E-state index is 0.0350. The Morgan fingerprint density at radius 3 is 2.74 bits per heavy atom. The summed E-state index contributed by atoms with van der Waals surface area (Å²) in [4.78, 5) is 20.2. The van der Waals surface area contributed by atoms with Gasteiger partial charge in [-0.2, -0.15) is 0 Å². The van der Waals surface area contributed by atoms with Gasteiger partial charge >= 0.3 is 0 Å². The summed E-state index contributed by atoms with van der Waals surface area (Å²) >= 11 is 0. The van der Waals surface area contributed by atoms with Gasteiger partial charge in [0.05, 0.1) is 5.39 Å². The highest BCUT2D eigenvalue weighted by molar-refractivity contribution is 5.91. The first-order valence-corrected chi connectivity index (χ1v) is 6.27. The van der Waals surface area contributed by atoms with Gasteiger partial charge in [-0.15, -0.1) is 0 Å². The quantitative estimate of drug-likeness (QED) is 0.868. The Hall–Kier alpha value is -2.11. The zero-order chi connectivity index (χ0) is 14.2. The topological polar surface area (TPSA) is 85.8 Å². The first kappa shape index (κ1) is 13.3. The molecule has 0 saturated heterocycles. The molecular weight excluding hydrogens is 242 g/mol. The number of anilines is 1. The first-order chi connectivity index (χ1) is 8.91. The van der Waals surface area contributed by atoms with Crippen LogP contribution in [0.5, 0.6) is 0 Å². The van der Waals surface area contributed by atoms with Crippen molar-refractivity contribution >= 4 is 22.8 Å². The third-order valence-electron chi connectivity index (χ3n) is 3.19. The van der Waals surface area contributed by atoms with E-state index in [-0.39, 0.29) is 18.5 Å². The van der Waals surface area contributed by atoms with E-state index in [0.717, 1.165) is 16.6 Å². The monoisotopic (exact) mass is 261 g/mol. The molecule has 2 rings (SSSR count). The van der Waals surface area contributed by atoms with Gasteiger partial charge in [0.15, 0.2) is 0 Å². The maximum Gasteiger partial charge on any atom is 0.240 e. The van der Waals surface area contributed by atoms with E-state index in [1.54, 1.807) is 0 Å². The highest BCUT2D eigenvalue weighted by atomic mass is 16.2. The van der Waals surface area contributed by atoms with Gasteiger partial charge in [-0.25, -0.2) is 9.97 Å². The number of hydrogen-bond acceptors (Lipinski definition) is 4. The maximum absolute atomic E-state index is 11.9. The number of aryl methyl sites for hydroxylation is 1. The Bertz CT molecular complexity index is 629. The maximum atomic E-state index is 11.9. The molecule has 0 saturated carbocycles. The molecule has 1 amide bonds. The van der Waals surface area contributed by atoms with Gasteiger partial charge < -0.3 is 15.6 Å². The van der Waals surface area contributed by atoms with Crippen LogP contribution in [0.4, 0.5) is 5.82 Å². The predicted molar refractivity (Wildman–Crippen MR) is 74.7 cm³/mol. The summed E-state index contributed by atoms with van der Waals surface area (Å²) in [6.07, 6.45) is 1.42. The van der Waals surface area contributed by atoms with Crippen molar-refractivity contribution in [3.05, 3.63) is 17.6 Å². The third-order valence-corrected chi connectivity index (χ3v) is 3.19. The highest BCUT2D eigenvalue weighted by Crippen LogP contribution is 2.26. The van der Waals surface area contributed by atoms with E-state index in [9.17, 15) is 4.79 Å². The minimum atomic E-state index is -0.0350. The van der Waals surface area contributed by atoms with E-state index in [2.05, 4.69) is 15.3 Å². The average molecular weight is 261 g/mol. The molecular formula is C13H19N5O. The summed E-state index contributed by atoms with van der Waals surface area (Å²) < 4.78 is 1.88. The van der Waals surface area contributed by atoms with Gasteiger partial charge in [0, 0.05) is 11.7 Å². The number of carbonyl (C=O) groups excluding carboxylic acids is 1. The fourth-order valence-corrected chi connectivity index (χ4v) is 2.20. The second-order valence-electron chi connectivity index (χ2n) is 4.98. The molecule has 102 valence electrons. The van der Waals surface area contributed by atoms with Gasteiger partial charge in [0.25, 0.3) is 0 Å². The number of carbonyl (C=O) groups is 1. The summed E-state index contributed by atoms with van der Waals surface area (Å²) in [5.41, 5.74) is 8.60. The van der Waals surface area contributed by atoms with E-state index >= 15 is 0 Å². The molecule has 6 nitrogen and oxygen atoms in total.